The van der Waals surface area contributed by atoms with E-state index in [1.54, 1.807) is 12.4 Å². The van der Waals surface area contributed by atoms with Crippen molar-refractivity contribution in [1.29, 1.82) is 0 Å². The summed E-state index contributed by atoms with van der Waals surface area (Å²) in [5, 5.41) is 2.29. The number of hydrogen-bond acceptors (Lipinski definition) is 4. The molecule has 0 spiro atoms. The number of nitrogens with zero attached hydrogens (tertiary/aromatic N) is 2. The van der Waals surface area contributed by atoms with Crippen LogP contribution in [0.3, 0.4) is 0 Å². The fourth-order valence-corrected chi connectivity index (χ4v) is 2.77. The number of rotatable bonds is 2. The van der Waals surface area contributed by atoms with Crippen molar-refractivity contribution in [3.05, 3.63) is 16.9 Å². The number of aromatic nitrogens is 1. The van der Waals surface area contributed by atoms with Crippen LogP contribution in [-0.4, -0.2) is 22.1 Å². The number of hydrazine groups is 1. The van der Waals surface area contributed by atoms with Crippen LogP contribution in [0.2, 0.25) is 0 Å². The molecule has 1 fully saturated rings. The van der Waals surface area contributed by atoms with Gasteiger partial charge < -0.3 is 11.2 Å². The molecule has 1 saturated heterocycles. The fraction of sp³-hybridized carbons (Fsp3) is 0.583. The first-order valence-corrected chi connectivity index (χ1v) is 6.83. The minimum absolute atomic E-state index is 0.526. The Hall–Kier alpha value is -0.810. The highest BCUT2D eigenvalue weighted by Gasteiger charge is 2.25. The van der Waals surface area contributed by atoms with E-state index in [1.165, 1.54) is 19.3 Å². The van der Waals surface area contributed by atoms with Crippen molar-refractivity contribution in [2.45, 2.75) is 45.2 Å². The lowest BCUT2D eigenvalue weighted by Gasteiger charge is -2.39. The van der Waals surface area contributed by atoms with Gasteiger partial charge in [-0.25, -0.2) is 5.01 Å². The van der Waals surface area contributed by atoms with Crippen molar-refractivity contribution in [3.8, 4) is 0 Å². The number of nitrogens with one attached hydrogen (secondary N) is 1. The van der Waals surface area contributed by atoms with Gasteiger partial charge in [0.15, 0.2) is 0 Å². The van der Waals surface area contributed by atoms with E-state index in [0.717, 1.165) is 10.2 Å². The first-order chi connectivity index (χ1) is 8.09. The maximum absolute atomic E-state index is 5.95. The monoisotopic (exact) mass is 298 g/mol. The van der Waals surface area contributed by atoms with E-state index >= 15 is 0 Å². The van der Waals surface area contributed by atoms with E-state index in [9.17, 15) is 0 Å². The summed E-state index contributed by atoms with van der Waals surface area (Å²) >= 11 is 3.48. The molecule has 17 heavy (non-hydrogen) atoms. The quantitative estimate of drug-likeness (QED) is 0.881. The summed E-state index contributed by atoms with van der Waals surface area (Å²) in [6.45, 7) is 4.49. The average Bonchev–Trinajstić information content (AvgIpc) is 2.27. The van der Waals surface area contributed by atoms with Gasteiger partial charge in [0.25, 0.3) is 0 Å². The summed E-state index contributed by atoms with van der Waals surface area (Å²) in [5.74, 6) is 0. The van der Waals surface area contributed by atoms with Crippen molar-refractivity contribution in [3.63, 3.8) is 0 Å². The standard InChI is InChI=1S/C12H19BrN4/c1-8-4-3-5-9(2)17(8)16-12-10(13)6-15-7-11(12)14/h6-9H,3-5,14H2,1-2H3,(H,15,16). The summed E-state index contributed by atoms with van der Waals surface area (Å²) in [4.78, 5) is 4.05. The van der Waals surface area contributed by atoms with E-state index < -0.39 is 0 Å². The van der Waals surface area contributed by atoms with Crippen LogP contribution in [-0.2, 0) is 0 Å². The smallest absolute Gasteiger partial charge is 0.0896 e. The summed E-state index contributed by atoms with van der Waals surface area (Å²) in [6.07, 6.45) is 7.18. The molecule has 0 saturated carbocycles. The molecule has 1 aromatic heterocycles. The van der Waals surface area contributed by atoms with Crippen LogP contribution in [0.4, 0.5) is 11.4 Å². The van der Waals surface area contributed by atoms with Gasteiger partial charge in [0, 0.05) is 18.3 Å². The third kappa shape index (κ3) is 2.72. The molecular formula is C12H19BrN4. The van der Waals surface area contributed by atoms with E-state index in [4.69, 9.17) is 5.73 Å². The molecule has 2 unspecified atom stereocenters. The summed E-state index contributed by atoms with van der Waals surface area (Å²) < 4.78 is 0.905. The van der Waals surface area contributed by atoms with Crippen molar-refractivity contribution >= 4 is 27.3 Å². The second kappa shape index (κ2) is 5.23. The highest BCUT2D eigenvalue weighted by molar-refractivity contribution is 9.10. The van der Waals surface area contributed by atoms with Crippen molar-refractivity contribution in [1.82, 2.24) is 9.99 Å². The Balaban J connectivity index is 2.19. The predicted molar refractivity (Wildman–Crippen MR) is 74.6 cm³/mol. The lowest BCUT2D eigenvalue weighted by Crippen LogP contribution is -2.47. The SMILES string of the molecule is CC1CCCC(C)N1Nc1c(N)cncc1Br. The molecule has 2 heterocycles. The maximum atomic E-state index is 5.95. The van der Waals surface area contributed by atoms with Gasteiger partial charge in [0.05, 0.1) is 22.0 Å². The van der Waals surface area contributed by atoms with E-state index in [2.05, 4.69) is 45.2 Å². The number of nitrogens with two attached hydrogens (primary N) is 1. The molecule has 3 N–H and O–H groups in total. The van der Waals surface area contributed by atoms with Crippen LogP contribution in [0.5, 0.6) is 0 Å². The van der Waals surface area contributed by atoms with Crippen LogP contribution >= 0.6 is 15.9 Å². The second-order valence-electron chi connectivity index (χ2n) is 4.73. The molecule has 94 valence electrons. The van der Waals surface area contributed by atoms with Gasteiger partial charge in [-0.3, -0.25) is 4.98 Å². The third-order valence-corrected chi connectivity index (χ3v) is 3.96. The lowest BCUT2D eigenvalue weighted by atomic mass is 10.00. The van der Waals surface area contributed by atoms with Gasteiger partial charge in [-0.05, 0) is 42.6 Å². The average molecular weight is 299 g/mol. The molecule has 0 aliphatic carbocycles. The molecule has 1 aliphatic rings. The highest BCUT2D eigenvalue weighted by atomic mass is 79.9. The Bertz CT molecular complexity index is 366. The van der Waals surface area contributed by atoms with E-state index in [-0.39, 0.29) is 0 Å². The molecule has 0 radical (unpaired) electrons. The van der Waals surface area contributed by atoms with Crippen molar-refractivity contribution in [2.24, 2.45) is 0 Å². The Labute approximate surface area is 111 Å². The topological polar surface area (TPSA) is 54.2 Å². The van der Waals surface area contributed by atoms with Crippen LogP contribution < -0.4 is 11.2 Å². The Morgan fingerprint density at radius 3 is 2.59 bits per heavy atom. The van der Waals surface area contributed by atoms with E-state index in [0.29, 0.717) is 17.8 Å². The largest absolute Gasteiger partial charge is 0.396 e. The zero-order chi connectivity index (χ0) is 12.4. The highest BCUT2D eigenvalue weighted by Crippen LogP contribution is 2.30. The normalized spacial score (nSPS) is 25.8. The number of piperidine rings is 1. The van der Waals surface area contributed by atoms with Gasteiger partial charge >= 0.3 is 0 Å². The maximum Gasteiger partial charge on any atom is 0.0896 e. The van der Waals surface area contributed by atoms with Crippen LogP contribution in [0.15, 0.2) is 16.9 Å². The van der Waals surface area contributed by atoms with Gasteiger partial charge in [-0.15, -0.1) is 0 Å². The third-order valence-electron chi connectivity index (χ3n) is 3.36. The molecule has 0 bridgehead atoms. The molecule has 1 aliphatic heterocycles. The number of pyridine rings is 1. The second-order valence-corrected chi connectivity index (χ2v) is 5.59. The Morgan fingerprint density at radius 2 is 2.00 bits per heavy atom. The number of anilines is 2. The molecule has 4 nitrogen and oxygen atoms in total. The minimum Gasteiger partial charge on any atom is -0.396 e. The fourth-order valence-electron chi connectivity index (χ4n) is 2.34. The molecular weight excluding hydrogens is 280 g/mol. The Morgan fingerprint density at radius 1 is 1.35 bits per heavy atom. The predicted octanol–water partition coefficient (Wildman–Crippen LogP) is 3.02. The van der Waals surface area contributed by atoms with Crippen LogP contribution in [0.25, 0.3) is 0 Å². The van der Waals surface area contributed by atoms with E-state index in [1.807, 2.05) is 0 Å². The molecule has 0 aromatic carbocycles. The molecule has 5 heteroatoms. The van der Waals surface area contributed by atoms with Crippen LogP contribution in [0.1, 0.15) is 33.1 Å². The first-order valence-electron chi connectivity index (χ1n) is 6.03. The van der Waals surface area contributed by atoms with Gasteiger partial charge in [0.1, 0.15) is 0 Å². The van der Waals surface area contributed by atoms with Crippen molar-refractivity contribution < 1.29 is 0 Å². The number of nitrogen functional groups attached to an aromatic ring is 1. The van der Waals surface area contributed by atoms with Crippen LogP contribution in [0, 0.1) is 0 Å². The molecule has 0 amide bonds. The molecule has 1 aromatic rings. The zero-order valence-electron chi connectivity index (χ0n) is 10.3. The lowest BCUT2D eigenvalue weighted by molar-refractivity contribution is 0.136. The molecule has 2 atom stereocenters. The summed E-state index contributed by atoms with van der Waals surface area (Å²) in [5.41, 5.74) is 11.0. The number of halogens is 1. The van der Waals surface area contributed by atoms with Crippen molar-refractivity contribution in [2.75, 3.05) is 11.2 Å². The summed E-state index contributed by atoms with van der Waals surface area (Å²) in [6, 6.07) is 1.05. The van der Waals surface area contributed by atoms with Gasteiger partial charge in [-0.2, -0.15) is 0 Å². The van der Waals surface area contributed by atoms with Gasteiger partial charge in [-0.1, -0.05) is 6.42 Å². The first kappa shape index (κ1) is 12.6. The molecule has 2 rings (SSSR count). The zero-order valence-corrected chi connectivity index (χ0v) is 11.9. The van der Waals surface area contributed by atoms with Gasteiger partial charge in [0.2, 0.25) is 0 Å². The minimum atomic E-state index is 0.526. The number of hydrogen-bond donors (Lipinski definition) is 2. The Kier molecular flexibility index (Phi) is 3.89. The summed E-state index contributed by atoms with van der Waals surface area (Å²) in [7, 11) is 0.